The molecule has 142 valence electrons. The van der Waals surface area contributed by atoms with Gasteiger partial charge >= 0.3 is 0 Å². The highest BCUT2D eigenvalue weighted by Crippen LogP contribution is 2.36. The standard InChI is InChI=1S/C26H17N3O/c1-2-10-18(11-3-1)25-27-28-26(30-25)21-14-6-9-17-24(21)29-22-15-7-4-12-19(22)20-13-5-8-16-23(20)29/h1-17H. The largest absolute Gasteiger partial charge is 0.416 e. The summed E-state index contributed by atoms with van der Waals surface area (Å²) in [7, 11) is 0. The van der Waals surface area contributed by atoms with Crippen LogP contribution in [0.3, 0.4) is 0 Å². The Balaban J connectivity index is 1.60. The van der Waals surface area contributed by atoms with Gasteiger partial charge in [-0.2, -0.15) is 0 Å². The summed E-state index contributed by atoms with van der Waals surface area (Å²) >= 11 is 0. The molecule has 0 radical (unpaired) electrons. The molecule has 0 saturated carbocycles. The molecular formula is C26H17N3O. The summed E-state index contributed by atoms with van der Waals surface area (Å²) in [5.41, 5.74) is 5.12. The average Bonchev–Trinajstić information content (AvgIpc) is 3.43. The Kier molecular flexibility index (Phi) is 3.74. The summed E-state index contributed by atoms with van der Waals surface area (Å²) in [5.74, 6) is 1.02. The number of hydrogen-bond acceptors (Lipinski definition) is 3. The fraction of sp³-hybridized carbons (Fsp3) is 0. The predicted molar refractivity (Wildman–Crippen MR) is 120 cm³/mol. The Labute approximate surface area is 173 Å². The zero-order valence-corrected chi connectivity index (χ0v) is 16.1. The molecule has 0 atom stereocenters. The van der Waals surface area contributed by atoms with E-state index < -0.39 is 0 Å². The van der Waals surface area contributed by atoms with Crippen LogP contribution in [0.1, 0.15) is 0 Å². The first kappa shape index (κ1) is 16.7. The van der Waals surface area contributed by atoms with Crippen molar-refractivity contribution in [3.63, 3.8) is 0 Å². The van der Waals surface area contributed by atoms with E-state index >= 15 is 0 Å². The van der Waals surface area contributed by atoms with Crippen molar-refractivity contribution in [1.82, 2.24) is 14.8 Å². The third-order valence-corrected chi connectivity index (χ3v) is 5.40. The van der Waals surface area contributed by atoms with Gasteiger partial charge in [-0.3, -0.25) is 0 Å². The molecular weight excluding hydrogens is 370 g/mol. The van der Waals surface area contributed by atoms with Crippen LogP contribution in [0.4, 0.5) is 0 Å². The van der Waals surface area contributed by atoms with E-state index in [1.54, 1.807) is 0 Å². The van der Waals surface area contributed by atoms with Gasteiger partial charge in [0.15, 0.2) is 0 Å². The fourth-order valence-electron chi connectivity index (χ4n) is 4.06. The molecule has 0 aliphatic carbocycles. The van der Waals surface area contributed by atoms with E-state index in [1.807, 2.05) is 48.5 Å². The molecule has 30 heavy (non-hydrogen) atoms. The van der Waals surface area contributed by atoms with Gasteiger partial charge in [0.1, 0.15) is 0 Å². The van der Waals surface area contributed by atoms with Gasteiger partial charge in [0.05, 0.1) is 22.3 Å². The Morgan fingerprint density at radius 1 is 0.533 bits per heavy atom. The SMILES string of the molecule is c1ccc(-c2nnc(-c3ccccc3-n3c4ccccc4c4ccccc43)o2)cc1. The molecule has 0 aliphatic rings. The normalized spacial score (nSPS) is 11.3. The Hall–Kier alpha value is -4.18. The number of para-hydroxylation sites is 3. The second kappa shape index (κ2) is 6.71. The summed E-state index contributed by atoms with van der Waals surface area (Å²) < 4.78 is 8.35. The van der Waals surface area contributed by atoms with Crippen LogP contribution in [0.5, 0.6) is 0 Å². The molecule has 0 fully saturated rings. The quantitative estimate of drug-likeness (QED) is 0.348. The minimum Gasteiger partial charge on any atom is -0.416 e. The zero-order valence-electron chi connectivity index (χ0n) is 16.1. The van der Waals surface area contributed by atoms with Crippen molar-refractivity contribution in [1.29, 1.82) is 0 Å². The highest BCUT2D eigenvalue weighted by molar-refractivity contribution is 6.09. The lowest BCUT2D eigenvalue weighted by molar-refractivity contribution is 0.584. The van der Waals surface area contributed by atoms with Gasteiger partial charge < -0.3 is 8.98 Å². The highest BCUT2D eigenvalue weighted by Gasteiger charge is 2.18. The van der Waals surface area contributed by atoms with Gasteiger partial charge in [0.2, 0.25) is 11.8 Å². The molecule has 0 spiro atoms. The maximum atomic E-state index is 6.08. The van der Waals surface area contributed by atoms with E-state index in [9.17, 15) is 0 Å². The number of nitrogens with zero attached hydrogens (tertiary/aromatic N) is 3. The third-order valence-electron chi connectivity index (χ3n) is 5.40. The molecule has 4 aromatic carbocycles. The van der Waals surface area contributed by atoms with Crippen LogP contribution in [-0.4, -0.2) is 14.8 Å². The van der Waals surface area contributed by atoms with E-state index in [4.69, 9.17) is 4.42 Å². The lowest BCUT2D eigenvalue weighted by Crippen LogP contribution is -1.97. The van der Waals surface area contributed by atoms with Crippen molar-refractivity contribution < 1.29 is 4.42 Å². The predicted octanol–water partition coefficient (Wildman–Crippen LogP) is 6.50. The minimum atomic E-state index is 0.506. The first-order valence-electron chi connectivity index (χ1n) is 9.87. The van der Waals surface area contributed by atoms with Gasteiger partial charge in [-0.25, -0.2) is 0 Å². The molecule has 2 aromatic heterocycles. The van der Waals surface area contributed by atoms with Crippen molar-refractivity contribution in [2.45, 2.75) is 0 Å². The summed E-state index contributed by atoms with van der Waals surface area (Å²) in [4.78, 5) is 0. The van der Waals surface area contributed by atoms with E-state index in [2.05, 4.69) is 69.4 Å². The number of fused-ring (bicyclic) bond motifs is 3. The van der Waals surface area contributed by atoms with Crippen molar-refractivity contribution >= 4 is 21.8 Å². The summed E-state index contributed by atoms with van der Waals surface area (Å²) in [5, 5.41) is 11.1. The third kappa shape index (κ3) is 2.54. The van der Waals surface area contributed by atoms with E-state index in [-0.39, 0.29) is 0 Å². The lowest BCUT2D eigenvalue weighted by Gasteiger charge is -2.11. The Bertz CT molecular complexity index is 1440. The summed E-state index contributed by atoms with van der Waals surface area (Å²) in [6.45, 7) is 0. The number of aromatic nitrogens is 3. The molecule has 6 aromatic rings. The second-order valence-corrected chi connectivity index (χ2v) is 7.17. The molecule has 0 aliphatic heterocycles. The molecule has 0 unspecified atom stereocenters. The first-order valence-corrected chi connectivity index (χ1v) is 9.87. The van der Waals surface area contributed by atoms with Crippen molar-refractivity contribution in [3.05, 3.63) is 103 Å². The van der Waals surface area contributed by atoms with Gasteiger partial charge in [-0.15, -0.1) is 10.2 Å². The molecule has 0 amide bonds. The molecule has 4 nitrogen and oxygen atoms in total. The molecule has 2 heterocycles. The van der Waals surface area contributed by atoms with E-state index in [0.29, 0.717) is 11.8 Å². The highest BCUT2D eigenvalue weighted by atomic mass is 16.4. The summed E-state index contributed by atoms with van der Waals surface area (Å²) in [6, 6.07) is 34.9. The van der Waals surface area contributed by atoms with E-state index in [0.717, 1.165) is 27.8 Å². The van der Waals surface area contributed by atoms with Gasteiger partial charge in [0.25, 0.3) is 0 Å². The average molecular weight is 387 g/mol. The van der Waals surface area contributed by atoms with Gasteiger partial charge in [-0.05, 0) is 36.4 Å². The fourth-order valence-corrected chi connectivity index (χ4v) is 4.06. The molecule has 0 saturated heterocycles. The molecule has 0 bridgehead atoms. The van der Waals surface area contributed by atoms with Crippen LogP contribution in [0, 0.1) is 0 Å². The number of hydrogen-bond donors (Lipinski definition) is 0. The maximum absolute atomic E-state index is 6.08. The van der Waals surface area contributed by atoms with Crippen molar-refractivity contribution in [2.24, 2.45) is 0 Å². The Morgan fingerprint density at radius 3 is 1.83 bits per heavy atom. The van der Waals surface area contributed by atoms with Gasteiger partial charge in [0, 0.05) is 16.3 Å². The molecule has 0 N–H and O–H groups in total. The van der Waals surface area contributed by atoms with Crippen molar-refractivity contribution in [2.75, 3.05) is 0 Å². The lowest BCUT2D eigenvalue weighted by atomic mass is 10.1. The van der Waals surface area contributed by atoms with Crippen LogP contribution in [0.15, 0.2) is 108 Å². The monoisotopic (exact) mass is 387 g/mol. The molecule has 6 rings (SSSR count). The van der Waals surface area contributed by atoms with Crippen LogP contribution in [0.25, 0.3) is 50.4 Å². The van der Waals surface area contributed by atoms with Crippen LogP contribution in [0.2, 0.25) is 0 Å². The number of benzene rings is 4. The van der Waals surface area contributed by atoms with Gasteiger partial charge in [-0.1, -0.05) is 66.7 Å². The van der Waals surface area contributed by atoms with E-state index in [1.165, 1.54) is 10.8 Å². The topological polar surface area (TPSA) is 43.9 Å². The zero-order chi connectivity index (χ0) is 19.9. The van der Waals surface area contributed by atoms with Crippen LogP contribution in [-0.2, 0) is 0 Å². The number of rotatable bonds is 3. The first-order chi connectivity index (χ1) is 14.9. The van der Waals surface area contributed by atoms with Crippen molar-refractivity contribution in [3.8, 4) is 28.6 Å². The maximum Gasteiger partial charge on any atom is 0.250 e. The smallest absolute Gasteiger partial charge is 0.250 e. The minimum absolute atomic E-state index is 0.506. The van der Waals surface area contributed by atoms with Crippen LogP contribution < -0.4 is 0 Å². The molecule has 4 heteroatoms. The Morgan fingerprint density at radius 2 is 1.10 bits per heavy atom. The second-order valence-electron chi connectivity index (χ2n) is 7.17. The summed E-state index contributed by atoms with van der Waals surface area (Å²) in [6.07, 6.45) is 0. The van der Waals surface area contributed by atoms with Crippen LogP contribution >= 0.6 is 0 Å².